The van der Waals surface area contributed by atoms with Gasteiger partial charge in [0.25, 0.3) is 0 Å². The third kappa shape index (κ3) is 5.41. The van der Waals surface area contributed by atoms with Gasteiger partial charge in [0.15, 0.2) is 0 Å². The number of unbranched alkanes of at least 4 members (excludes halogenated alkanes) is 3. The molecule has 18 heavy (non-hydrogen) atoms. The highest BCUT2D eigenvalue weighted by Crippen LogP contribution is 2.16. The number of aryl methyl sites for hydroxylation is 1. The van der Waals surface area contributed by atoms with Crippen LogP contribution in [0.2, 0.25) is 0 Å². The Labute approximate surface area is 111 Å². The summed E-state index contributed by atoms with van der Waals surface area (Å²) in [5.74, 6) is 0.922. The normalized spacial score (nSPS) is 12.3. The lowest BCUT2D eigenvalue weighted by molar-refractivity contribution is 0.463. The molecule has 1 aromatic rings. The van der Waals surface area contributed by atoms with Crippen LogP contribution >= 0.6 is 0 Å². The van der Waals surface area contributed by atoms with Gasteiger partial charge in [0, 0.05) is 12.4 Å². The summed E-state index contributed by atoms with van der Waals surface area (Å²) < 4.78 is 0. The number of allylic oxidation sites excluding steroid dienone is 1. The molecule has 1 heterocycles. The van der Waals surface area contributed by atoms with Gasteiger partial charge in [-0.15, -0.1) is 6.58 Å². The number of hydrogen-bond acceptors (Lipinski definition) is 3. The molecule has 1 N–H and O–H groups in total. The van der Waals surface area contributed by atoms with Crippen LogP contribution in [0.1, 0.15) is 56.5 Å². The van der Waals surface area contributed by atoms with Crippen LogP contribution in [-0.4, -0.2) is 16.5 Å². The van der Waals surface area contributed by atoms with Crippen LogP contribution in [0.5, 0.6) is 0 Å². The summed E-state index contributed by atoms with van der Waals surface area (Å²) in [6, 6.07) is 0.291. The zero-order chi connectivity index (χ0) is 13.2. The third-order valence-corrected chi connectivity index (χ3v) is 2.96. The molecular formula is C15H25N3. The van der Waals surface area contributed by atoms with Crippen LogP contribution in [0.4, 0.5) is 0 Å². The highest BCUT2D eigenvalue weighted by Gasteiger charge is 2.12. The minimum Gasteiger partial charge on any atom is -0.308 e. The Morgan fingerprint density at radius 1 is 1.28 bits per heavy atom. The molecule has 3 heteroatoms. The number of rotatable bonds is 9. The third-order valence-electron chi connectivity index (χ3n) is 2.96. The number of nitrogens with zero attached hydrogens (tertiary/aromatic N) is 2. The maximum absolute atomic E-state index is 4.42. The molecule has 3 nitrogen and oxygen atoms in total. The molecular weight excluding hydrogens is 222 g/mol. The first-order valence-electron chi connectivity index (χ1n) is 6.90. The molecule has 0 aliphatic heterocycles. The van der Waals surface area contributed by atoms with Gasteiger partial charge in [-0.3, -0.25) is 0 Å². The smallest absolute Gasteiger partial charge is 0.145 e. The molecule has 0 spiro atoms. The zero-order valence-electron chi connectivity index (χ0n) is 11.7. The average molecular weight is 247 g/mol. The Morgan fingerprint density at radius 2 is 2.00 bits per heavy atom. The molecule has 1 rings (SSSR count). The van der Waals surface area contributed by atoms with Crippen molar-refractivity contribution in [1.29, 1.82) is 0 Å². The van der Waals surface area contributed by atoms with E-state index in [9.17, 15) is 0 Å². The van der Waals surface area contributed by atoms with Crippen molar-refractivity contribution in [2.24, 2.45) is 0 Å². The summed E-state index contributed by atoms with van der Waals surface area (Å²) in [5, 5.41) is 3.46. The molecule has 1 atom stereocenters. The van der Waals surface area contributed by atoms with Crippen LogP contribution in [0.25, 0.3) is 0 Å². The van der Waals surface area contributed by atoms with Crippen molar-refractivity contribution in [2.75, 3.05) is 6.54 Å². The summed E-state index contributed by atoms with van der Waals surface area (Å²) in [6.07, 6.45) is 11.7. The van der Waals surface area contributed by atoms with Crippen molar-refractivity contribution < 1.29 is 0 Å². The van der Waals surface area contributed by atoms with E-state index in [0.717, 1.165) is 30.8 Å². The van der Waals surface area contributed by atoms with E-state index in [1.807, 2.05) is 25.4 Å². The molecule has 0 saturated heterocycles. The lowest BCUT2D eigenvalue weighted by atomic mass is 10.1. The molecule has 0 aromatic carbocycles. The Kier molecular flexibility index (Phi) is 7.26. The standard InChI is InChI=1S/C15H25N3/c1-4-6-7-8-9-10-14(16-5-2)15-17-11-13(3)12-18-15/h4,11-12,14,16H,1,5-10H2,2-3H3. The van der Waals surface area contributed by atoms with Crippen molar-refractivity contribution in [3.8, 4) is 0 Å². The Balaban J connectivity index is 2.43. The maximum Gasteiger partial charge on any atom is 0.145 e. The molecule has 0 fully saturated rings. The second-order valence-corrected chi connectivity index (χ2v) is 4.66. The Bertz CT molecular complexity index is 332. The fraction of sp³-hybridized carbons (Fsp3) is 0.600. The van der Waals surface area contributed by atoms with Gasteiger partial charge in [0.2, 0.25) is 0 Å². The van der Waals surface area contributed by atoms with E-state index in [-0.39, 0.29) is 0 Å². The number of hydrogen-bond donors (Lipinski definition) is 1. The minimum atomic E-state index is 0.291. The van der Waals surface area contributed by atoms with Gasteiger partial charge in [0.05, 0.1) is 6.04 Å². The fourth-order valence-corrected chi connectivity index (χ4v) is 1.97. The van der Waals surface area contributed by atoms with Crippen LogP contribution in [0.3, 0.4) is 0 Å². The summed E-state index contributed by atoms with van der Waals surface area (Å²) in [4.78, 5) is 8.85. The highest BCUT2D eigenvalue weighted by atomic mass is 15.0. The van der Waals surface area contributed by atoms with Gasteiger partial charge in [-0.2, -0.15) is 0 Å². The number of aromatic nitrogens is 2. The van der Waals surface area contributed by atoms with Crippen molar-refractivity contribution in [3.05, 3.63) is 36.4 Å². The lowest BCUT2D eigenvalue weighted by Crippen LogP contribution is -2.23. The molecule has 0 aliphatic rings. The van der Waals surface area contributed by atoms with Crippen LogP contribution in [0.15, 0.2) is 25.0 Å². The number of nitrogens with one attached hydrogen (secondary N) is 1. The first kappa shape index (κ1) is 14.8. The zero-order valence-corrected chi connectivity index (χ0v) is 11.7. The summed E-state index contributed by atoms with van der Waals surface area (Å²) >= 11 is 0. The second kappa shape index (κ2) is 8.81. The molecule has 0 bridgehead atoms. The predicted octanol–water partition coefficient (Wildman–Crippen LogP) is 3.57. The maximum atomic E-state index is 4.42. The molecule has 0 saturated carbocycles. The van der Waals surface area contributed by atoms with E-state index in [1.54, 1.807) is 0 Å². The lowest BCUT2D eigenvalue weighted by Gasteiger charge is -2.16. The first-order valence-corrected chi connectivity index (χ1v) is 6.90. The van der Waals surface area contributed by atoms with Gasteiger partial charge in [-0.05, 0) is 38.3 Å². The average Bonchev–Trinajstić information content (AvgIpc) is 2.38. The molecule has 0 aliphatic carbocycles. The van der Waals surface area contributed by atoms with Gasteiger partial charge < -0.3 is 5.32 Å². The van der Waals surface area contributed by atoms with Gasteiger partial charge in [-0.25, -0.2) is 9.97 Å². The monoisotopic (exact) mass is 247 g/mol. The van der Waals surface area contributed by atoms with Crippen molar-refractivity contribution >= 4 is 0 Å². The molecule has 0 radical (unpaired) electrons. The largest absolute Gasteiger partial charge is 0.308 e. The molecule has 1 aromatic heterocycles. The van der Waals surface area contributed by atoms with E-state index in [2.05, 4.69) is 28.8 Å². The van der Waals surface area contributed by atoms with E-state index >= 15 is 0 Å². The first-order chi connectivity index (χ1) is 8.77. The summed E-state index contributed by atoms with van der Waals surface area (Å²) in [7, 11) is 0. The van der Waals surface area contributed by atoms with E-state index in [4.69, 9.17) is 0 Å². The summed E-state index contributed by atoms with van der Waals surface area (Å²) in [6.45, 7) is 8.84. The topological polar surface area (TPSA) is 37.8 Å². The second-order valence-electron chi connectivity index (χ2n) is 4.66. The summed E-state index contributed by atoms with van der Waals surface area (Å²) in [5.41, 5.74) is 1.11. The van der Waals surface area contributed by atoms with E-state index in [0.29, 0.717) is 6.04 Å². The molecule has 1 unspecified atom stereocenters. The minimum absolute atomic E-state index is 0.291. The van der Waals surface area contributed by atoms with Gasteiger partial charge in [-0.1, -0.05) is 25.8 Å². The van der Waals surface area contributed by atoms with E-state index in [1.165, 1.54) is 19.3 Å². The quantitative estimate of drug-likeness (QED) is 0.535. The van der Waals surface area contributed by atoms with Gasteiger partial charge >= 0.3 is 0 Å². The SMILES string of the molecule is C=CCCCCCC(NCC)c1ncc(C)cn1. The molecule has 0 amide bonds. The predicted molar refractivity (Wildman–Crippen MR) is 76.5 cm³/mol. The van der Waals surface area contributed by atoms with Crippen molar-refractivity contribution in [3.63, 3.8) is 0 Å². The van der Waals surface area contributed by atoms with Crippen LogP contribution in [-0.2, 0) is 0 Å². The Morgan fingerprint density at radius 3 is 2.61 bits per heavy atom. The van der Waals surface area contributed by atoms with Crippen molar-refractivity contribution in [2.45, 2.75) is 52.0 Å². The van der Waals surface area contributed by atoms with E-state index < -0.39 is 0 Å². The Hall–Kier alpha value is -1.22. The van der Waals surface area contributed by atoms with Crippen LogP contribution < -0.4 is 5.32 Å². The molecule has 100 valence electrons. The van der Waals surface area contributed by atoms with Gasteiger partial charge in [0.1, 0.15) is 5.82 Å². The fourth-order valence-electron chi connectivity index (χ4n) is 1.97. The highest BCUT2D eigenvalue weighted by molar-refractivity contribution is 5.04. The van der Waals surface area contributed by atoms with Crippen LogP contribution in [0, 0.1) is 6.92 Å². The van der Waals surface area contributed by atoms with Crippen molar-refractivity contribution in [1.82, 2.24) is 15.3 Å².